The molecule has 0 aliphatic carbocycles. The van der Waals surface area contributed by atoms with E-state index in [1.165, 1.54) is 11.6 Å². The number of hydrogen-bond acceptors (Lipinski definition) is 1. The largest absolute Gasteiger partial charge is 0.299 e. The molecule has 0 unspecified atom stereocenters. The minimum absolute atomic E-state index is 0.735. The summed E-state index contributed by atoms with van der Waals surface area (Å²) in [6.07, 6.45) is 6.72. The van der Waals surface area contributed by atoms with Gasteiger partial charge in [0.1, 0.15) is 6.29 Å². The molecule has 15 heavy (non-hydrogen) atoms. The molecule has 1 rings (SSSR count). The first-order valence-corrected chi connectivity index (χ1v) is 5.06. The van der Waals surface area contributed by atoms with Crippen molar-refractivity contribution in [3.8, 4) is 11.8 Å². The number of rotatable bonds is 4. The molecule has 0 bridgehead atoms. The predicted octanol–water partition coefficient (Wildman–Crippen LogP) is 2.77. The predicted molar refractivity (Wildman–Crippen MR) is 62.4 cm³/mol. The van der Waals surface area contributed by atoms with E-state index in [1.807, 2.05) is 18.2 Å². The summed E-state index contributed by atoms with van der Waals surface area (Å²) in [5.74, 6) is 5.81. The van der Waals surface area contributed by atoms with Crippen molar-refractivity contribution >= 4 is 6.29 Å². The van der Waals surface area contributed by atoms with E-state index in [1.54, 1.807) is 6.08 Å². The third kappa shape index (κ3) is 5.49. The molecule has 0 saturated carbocycles. The van der Waals surface area contributed by atoms with Crippen LogP contribution in [-0.4, -0.2) is 6.29 Å². The van der Waals surface area contributed by atoms with Crippen LogP contribution in [0.1, 0.15) is 18.4 Å². The van der Waals surface area contributed by atoms with E-state index in [-0.39, 0.29) is 0 Å². The van der Waals surface area contributed by atoms with Gasteiger partial charge >= 0.3 is 0 Å². The van der Waals surface area contributed by atoms with Gasteiger partial charge in [0, 0.05) is 6.42 Å². The highest BCUT2D eigenvalue weighted by molar-refractivity contribution is 5.65. The van der Waals surface area contributed by atoms with Crippen molar-refractivity contribution in [1.29, 1.82) is 0 Å². The van der Waals surface area contributed by atoms with Gasteiger partial charge in [-0.05, 0) is 30.6 Å². The average molecular weight is 198 g/mol. The highest BCUT2D eigenvalue weighted by Gasteiger charge is 1.88. The van der Waals surface area contributed by atoms with E-state index < -0.39 is 0 Å². The Hall–Kier alpha value is -1.81. The third-order valence-corrected chi connectivity index (χ3v) is 1.97. The molecule has 1 nitrogen and oxygen atoms in total. The van der Waals surface area contributed by atoms with Gasteiger partial charge in [0.15, 0.2) is 0 Å². The number of aldehydes is 1. The van der Waals surface area contributed by atoms with Gasteiger partial charge < -0.3 is 0 Å². The lowest BCUT2D eigenvalue weighted by atomic mass is 10.1. The van der Waals surface area contributed by atoms with Gasteiger partial charge in [-0.3, -0.25) is 4.79 Å². The van der Waals surface area contributed by atoms with Crippen molar-refractivity contribution in [2.24, 2.45) is 0 Å². The summed E-state index contributed by atoms with van der Waals surface area (Å²) < 4.78 is 0. The zero-order valence-corrected chi connectivity index (χ0v) is 8.65. The first-order valence-electron chi connectivity index (χ1n) is 5.06. The number of carbonyl (C=O) groups excluding carboxylic acids is 1. The fraction of sp³-hybridized carbons (Fsp3) is 0.214. The zero-order valence-electron chi connectivity index (χ0n) is 8.65. The molecule has 0 radical (unpaired) electrons. The van der Waals surface area contributed by atoms with E-state index in [9.17, 15) is 4.79 Å². The van der Waals surface area contributed by atoms with Crippen LogP contribution >= 0.6 is 0 Å². The Balaban J connectivity index is 2.19. The lowest BCUT2D eigenvalue weighted by Crippen LogP contribution is -1.82. The van der Waals surface area contributed by atoms with Crippen molar-refractivity contribution in [2.75, 3.05) is 0 Å². The minimum atomic E-state index is 0.735. The van der Waals surface area contributed by atoms with Crippen LogP contribution in [0.25, 0.3) is 0 Å². The monoisotopic (exact) mass is 198 g/mol. The molecule has 0 atom stereocenters. The van der Waals surface area contributed by atoms with Crippen LogP contribution in [0.3, 0.4) is 0 Å². The highest BCUT2D eigenvalue weighted by atomic mass is 16.1. The van der Waals surface area contributed by atoms with Crippen LogP contribution in [0.4, 0.5) is 0 Å². The Morgan fingerprint density at radius 2 is 2.00 bits per heavy atom. The van der Waals surface area contributed by atoms with E-state index in [4.69, 9.17) is 0 Å². The lowest BCUT2D eigenvalue weighted by molar-refractivity contribution is -0.104. The van der Waals surface area contributed by atoms with Gasteiger partial charge in [-0.2, -0.15) is 0 Å². The molecule has 0 aliphatic rings. The van der Waals surface area contributed by atoms with Gasteiger partial charge in [0.05, 0.1) is 0 Å². The van der Waals surface area contributed by atoms with Gasteiger partial charge in [0.2, 0.25) is 0 Å². The topological polar surface area (TPSA) is 17.1 Å². The van der Waals surface area contributed by atoms with Crippen molar-refractivity contribution in [3.63, 3.8) is 0 Å². The van der Waals surface area contributed by atoms with Crippen molar-refractivity contribution in [3.05, 3.63) is 48.0 Å². The molecule has 0 amide bonds. The van der Waals surface area contributed by atoms with Crippen LogP contribution in [0.5, 0.6) is 0 Å². The average Bonchev–Trinajstić information content (AvgIpc) is 2.29. The highest BCUT2D eigenvalue weighted by Crippen LogP contribution is 2.03. The van der Waals surface area contributed by atoms with E-state index in [2.05, 4.69) is 24.0 Å². The maximum absolute atomic E-state index is 9.92. The molecule has 0 heterocycles. The summed E-state index contributed by atoms with van der Waals surface area (Å²) >= 11 is 0. The number of unbranched alkanes of at least 4 members (excludes halogenated alkanes) is 1. The van der Waals surface area contributed by atoms with Crippen LogP contribution in [0, 0.1) is 11.8 Å². The quantitative estimate of drug-likeness (QED) is 0.315. The van der Waals surface area contributed by atoms with Crippen LogP contribution in [0.2, 0.25) is 0 Å². The minimum Gasteiger partial charge on any atom is -0.299 e. The molecular weight excluding hydrogens is 184 g/mol. The summed E-state index contributed by atoms with van der Waals surface area (Å²) in [6.45, 7) is 0. The van der Waals surface area contributed by atoms with E-state index >= 15 is 0 Å². The van der Waals surface area contributed by atoms with Crippen LogP contribution in [0.15, 0.2) is 42.5 Å². The molecule has 0 aliphatic heterocycles. The Kier molecular flexibility index (Phi) is 5.69. The standard InChI is InChI=1S/C14H14O/c15-13-9-4-2-1-3-6-10-14-11-7-5-8-12-14/h4-5,7-9,11-13H,3,6,10H2/b9-4+. The van der Waals surface area contributed by atoms with Crippen LogP contribution in [-0.2, 0) is 11.2 Å². The van der Waals surface area contributed by atoms with Gasteiger partial charge in [-0.1, -0.05) is 42.2 Å². The third-order valence-electron chi connectivity index (χ3n) is 1.97. The normalized spacial score (nSPS) is 9.60. The molecule has 0 N–H and O–H groups in total. The zero-order chi connectivity index (χ0) is 10.8. The Labute approximate surface area is 90.8 Å². The Morgan fingerprint density at radius 1 is 1.20 bits per heavy atom. The maximum Gasteiger partial charge on any atom is 0.143 e. The SMILES string of the molecule is O=C/C=C/C#CCCCc1ccccc1. The molecule has 1 aromatic rings. The summed E-state index contributed by atoms with van der Waals surface area (Å²) in [5, 5.41) is 0. The first kappa shape index (κ1) is 11.3. The van der Waals surface area contributed by atoms with Gasteiger partial charge in [-0.25, -0.2) is 0 Å². The number of allylic oxidation sites excluding steroid dienone is 2. The molecule has 76 valence electrons. The summed E-state index contributed by atoms with van der Waals surface area (Å²) in [7, 11) is 0. The summed E-state index contributed by atoms with van der Waals surface area (Å²) in [4.78, 5) is 9.92. The van der Waals surface area contributed by atoms with Crippen molar-refractivity contribution < 1.29 is 4.79 Å². The number of benzene rings is 1. The van der Waals surface area contributed by atoms with Gasteiger partial charge in [-0.15, -0.1) is 0 Å². The second-order valence-electron chi connectivity index (χ2n) is 3.16. The number of aryl methyl sites for hydroxylation is 1. The lowest BCUT2D eigenvalue weighted by Gasteiger charge is -1.96. The Morgan fingerprint density at radius 3 is 2.73 bits per heavy atom. The first-order chi connectivity index (χ1) is 7.43. The molecule has 1 heteroatoms. The van der Waals surface area contributed by atoms with Gasteiger partial charge in [0.25, 0.3) is 0 Å². The number of carbonyl (C=O) groups is 1. The Bertz CT molecular complexity index is 365. The second kappa shape index (κ2) is 7.58. The molecule has 0 spiro atoms. The summed E-state index contributed by atoms with van der Waals surface area (Å²) in [5.41, 5.74) is 1.35. The molecule has 0 fully saturated rings. The number of hydrogen-bond donors (Lipinski definition) is 0. The van der Waals surface area contributed by atoms with Crippen molar-refractivity contribution in [1.82, 2.24) is 0 Å². The molecule has 0 saturated heterocycles. The summed E-state index contributed by atoms with van der Waals surface area (Å²) in [6, 6.07) is 10.4. The molecule has 0 aromatic heterocycles. The van der Waals surface area contributed by atoms with Crippen molar-refractivity contribution in [2.45, 2.75) is 19.3 Å². The molecular formula is C14H14O. The molecule has 1 aromatic carbocycles. The fourth-order valence-corrected chi connectivity index (χ4v) is 1.24. The van der Waals surface area contributed by atoms with Crippen LogP contribution < -0.4 is 0 Å². The second-order valence-corrected chi connectivity index (χ2v) is 3.16. The smallest absolute Gasteiger partial charge is 0.143 e. The fourth-order valence-electron chi connectivity index (χ4n) is 1.24. The van der Waals surface area contributed by atoms with E-state index in [0.717, 1.165) is 25.5 Å². The maximum atomic E-state index is 9.92. The van der Waals surface area contributed by atoms with E-state index in [0.29, 0.717) is 0 Å².